The molecule has 0 unspecified atom stereocenters. The van der Waals surface area contributed by atoms with Crippen LogP contribution in [0, 0.1) is 5.82 Å². The van der Waals surface area contributed by atoms with E-state index in [0.717, 1.165) is 36.5 Å². The van der Waals surface area contributed by atoms with Crippen LogP contribution in [-0.2, 0) is 16.1 Å². The Morgan fingerprint density at radius 1 is 0.978 bits per heavy atom. The van der Waals surface area contributed by atoms with Crippen LogP contribution in [0.25, 0.3) is 22.2 Å². The van der Waals surface area contributed by atoms with Crippen LogP contribution < -0.4 is 19.7 Å². The molecule has 1 N–H and O–H groups in total. The Morgan fingerprint density at radius 3 is 2.49 bits per heavy atom. The van der Waals surface area contributed by atoms with Crippen molar-refractivity contribution in [2.75, 3.05) is 19.1 Å². The summed E-state index contributed by atoms with van der Waals surface area (Å²) in [6.45, 7) is -0.323. The fourth-order valence-electron chi connectivity index (χ4n) is 5.86. The molecule has 0 spiro atoms. The maximum Gasteiger partial charge on any atom is 0.251 e. The molecule has 2 amide bonds. The number of nitrogens with one attached hydrogen (secondary N) is 1. The highest BCUT2D eigenvalue weighted by Gasteiger charge is 2.37. The van der Waals surface area contributed by atoms with Crippen molar-refractivity contribution >= 4 is 28.3 Å². The Bertz CT molecular complexity index is 1810. The molecule has 0 saturated heterocycles. The second-order valence-electron chi connectivity index (χ2n) is 10.9. The zero-order chi connectivity index (χ0) is 31.3. The number of anilines is 1. The van der Waals surface area contributed by atoms with Crippen LogP contribution in [0.15, 0.2) is 84.9 Å². The summed E-state index contributed by atoms with van der Waals surface area (Å²) < 4.78 is 24.8. The number of rotatable bonds is 10. The highest BCUT2D eigenvalue weighted by atomic mass is 19.1. The first kappa shape index (κ1) is 29.7. The van der Waals surface area contributed by atoms with Crippen molar-refractivity contribution in [1.82, 2.24) is 25.5 Å². The number of benzene rings is 4. The second kappa shape index (κ2) is 13.1. The first-order valence-corrected chi connectivity index (χ1v) is 14.8. The van der Waals surface area contributed by atoms with E-state index in [1.165, 1.54) is 28.9 Å². The highest BCUT2D eigenvalue weighted by molar-refractivity contribution is 6.08. The van der Waals surface area contributed by atoms with E-state index >= 15 is 0 Å². The van der Waals surface area contributed by atoms with E-state index in [0.29, 0.717) is 28.3 Å². The molecular formula is C34H33FN6O4. The zero-order valence-electron chi connectivity index (χ0n) is 25.0. The minimum absolute atomic E-state index is 0.00341. The standard InChI is InChI=1S/C34H33FN6O4/c1-44-26-18-19-30(45-2)28(20-26)32(34(43)36-25-10-4-5-11-25)41(29-13-7-9-22-8-3-6-12-27(22)29)31(42)21-40-38-33(37-39-40)23-14-16-24(35)17-15-23/h3,6-9,12-20,25,32H,4-5,10-11,21H2,1-2H3,(H,36,43)/t32-/m1/s1. The molecule has 11 heteroatoms. The Kier molecular flexibility index (Phi) is 8.68. The predicted molar refractivity (Wildman–Crippen MR) is 167 cm³/mol. The summed E-state index contributed by atoms with van der Waals surface area (Å²) >= 11 is 0. The van der Waals surface area contributed by atoms with Crippen molar-refractivity contribution in [2.45, 2.75) is 44.3 Å². The normalized spacial score (nSPS) is 13.8. The lowest BCUT2D eigenvalue weighted by Gasteiger charge is -2.33. The van der Waals surface area contributed by atoms with Gasteiger partial charge in [-0.1, -0.05) is 49.2 Å². The Morgan fingerprint density at radius 2 is 1.73 bits per heavy atom. The molecule has 1 atom stereocenters. The van der Waals surface area contributed by atoms with Crippen LogP contribution in [-0.4, -0.2) is 52.3 Å². The van der Waals surface area contributed by atoms with E-state index < -0.39 is 11.9 Å². The first-order valence-electron chi connectivity index (χ1n) is 14.8. The molecule has 6 rings (SSSR count). The van der Waals surface area contributed by atoms with Crippen molar-refractivity contribution in [3.8, 4) is 22.9 Å². The summed E-state index contributed by atoms with van der Waals surface area (Å²) in [6, 6.07) is 23.1. The molecule has 230 valence electrons. The number of hydrogen-bond donors (Lipinski definition) is 1. The topological polar surface area (TPSA) is 111 Å². The van der Waals surface area contributed by atoms with Gasteiger partial charge in [-0.25, -0.2) is 4.39 Å². The van der Waals surface area contributed by atoms with E-state index in [2.05, 4.69) is 20.7 Å². The summed E-state index contributed by atoms with van der Waals surface area (Å²) in [6.07, 6.45) is 3.78. The summed E-state index contributed by atoms with van der Waals surface area (Å²) in [7, 11) is 3.07. The monoisotopic (exact) mass is 608 g/mol. The molecule has 45 heavy (non-hydrogen) atoms. The van der Waals surface area contributed by atoms with Gasteiger partial charge in [-0.3, -0.25) is 14.5 Å². The van der Waals surface area contributed by atoms with Gasteiger partial charge in [0.05, 0.1) is 19.9 Å². The smallest absolute Gasteiger partial charge is 0.251 e. The van der Waals surface area contributed by atoms with Crippen LogP contribution in [0.5, 0.6) is 11.5 Å². The number of halogens is 1. The largest absolute Gasteiger partial charge is 0.497 e. The molecule has 1 fully saturated rings. The third kappa shape index (κ3) is 6.33. The van der Waals surface area contributed by atoms with Crippen molar-refractivity contribution < 1.29 is 23.5 Å². The van der Waals surface area contributed by atoms with Crippen molar-refractivity contribution in [3.63, 3.8) is 0 Å². The zero-order valence-corrected chi connectivity index (χ0v) is 25.0. The Hall–Kier alpha value is -5.32. The van der Waals surface area contributed by atoms with Gasteiger partial charge in [0.25, 0.3) is 5.91 Å². The lowest BCUT2D eigenvalue weighted by Crippen LogP contribution is -2.47. The van der Waals surface area contributed by atoms with Crippen LogP contribution in [0.1, 0.15) is 37.3 Å². The number of carbonyl (C=O) groups is 2. The molecule has 1 aromatic heterocycles. The third-order valence-electron chi connectivity index (χ3n) is 8.07. The van der Waals surface area contributed by atoms with E-state index in [1.54, 1.807) is 37.4 Å². The maximum atomic E-state index is 14.6. The average molecular weight is 609 g/mol. The van der Waals surface area contributed by atoms with Crippen molar-refractivity contribution in [3.05, 3.63) is 96.3 Å². The molecular weight excluding hydrogens is 575 g/mol. The van der Waals surface area contributed by atoms with Crippen molar-refractivity contribution in [1.29, 1.82) is 0 Å². The third-order valence-corrected chi connectivity index (χ3v) is 8.07. The second-order valence-corrected chi connectivity index (χ2v) is 10.9. The number of fused-ring (bicyclic) bond motifs is 1. The van der Waals surface area contributed by atoms with Crippen LogP contribution in [0.4, 0.5) is 10.1 Å². The van der Waals surface area contributed by atoms with Crippen molar-refractivity contribution in [2.24, 2.45) is 0 Å². The van der Waals surface area contributed by atoms with Gasteiger partial charge in [0, 0.05) is 22.6 Å². The lowest BCUT2D eigenvalue weighted by molar-refractivity contribution is -0.127. The maximum absolute atomic E-state index is 14.6. The van der Waals surface area contributed by atoms with Gasteiger partial charge in [0.1, 0.15) is 29.9 Å². The van der Waals surface area contributed by atoms with Crippen LogP contribution >= 0.6 is 0 Å². The number of nitrogens with zero attached hydrogens (tertiary/aromatic N) is 5. The average Bonchev–Trinajstić information content (AvgIpc) is 3.76. The molecule has 0 bridgehead atoms. The number of aromatic nitrogens is 4. The number of tetrazole rings is 1. The van der Waals surface area contributed by atoms with E-state index in [4.69, 9.17) is 9.47 Å². The molecule has 1 saturated carbocycles. The SMILES string of the molecule is COc1ccc(OC)c([C@H](C(=O)NC2CCCC2)N(C(=O)Cn2nnc(-c3ccc(F)cc3)n2)c2cccc3ccccc23)c1. The van der Waals surface area contributed by atoms with E-state index in [-0.39, 0.29) is 30.1 Å². The quantitative estimate of drug-likeness (QED) is 0.223. The van der Waals surface area contributed by atoms with E-state index in [1.807, 2.05) is 42.5 Å². The molecule has 4 aromatic carbocycles. The van der Waals surface area contributed by atoms with Gasteiger partial charge in [-0.15, -0.1) is 10.2 Å². The molecule has 5 aromatic rings. The minimum atomic E-state index is -1.13. The number of amides is 2. The first-order chi connectivity index (χ1) is 21.9. The molecule has 1 aliphatic carbocycles. The Labute approximate surface area is 259 Å². The number of carbonyl (C=O) groups excluding carboxylic acids is 2. The summed E-state index contributed by atoms with van der Waals surface area (Å²) in [4.78, 5) is 31.6. The van der Waals surface area contributed by atoms with Gasteiger partial charge < -0.3 is 14.8 Å². The van der Waals surface area contributed by atoms with E-state index in [9.17, 15) is 14.0 Å². The predicted octanol–water partition coefficient (Wildman–Crippen LogP) is 5.48. The summed E-state index contributed by atoms with van der Waals surface area (Å²) in [5.41, 5.74) is 1.55. The van der Waals surface area contributed by atoms with Gasteiger partial charge in [-0.05, 0) is 72.0 Å². The molecule has 0 aliphatic heterocycles. The molecule has 1 aliphatic rings. The van der Waals surface area contributed by atoms with Crippen LogP contribution in [0.3, 0.4) is 0 Å². The lowest BCUT2D eigenvalue weighted by atomic mass is 9.99. The fraction of sp³-hybridized carbons (Fsp3) is 0.265. The fourth-order valence-corrected chi connectivity index (χ4v) is 5.86. The number of ether oxygens (including phenoxy) is 2. The summed E-state index contributed by atoms with van der Waals surface area (Å²) in [5, 5.41) is 17.5. The summed E-state index contributed by atoms with van der Waals surface area (Å²) in [5.74, 6) is 0.000129. The number of hydrogen-bond acceptors (Lipinski definition) is 7. The van der Waals surface area contributed by atoms with Gasteiger partial charge in [0.2, 0.25) is 11.7 Å². The van der Waals surface area contributed by atoms with Gasteiger partial charge >= 0.3 is 0 Å². The van der Waals surface area contributed by atoms with Gasteiger partial charge in [-0.2, -0.15) is 4.80 Å². The minimum Gasteiger partial charge on any atom is -0.497 e. The van der Waals surface area contributed by atoms with Crippen LogP contribution in [0.2, 0.25) is 0 Å². The molecule has 0 radical (unpaired) electrons. The Balaban J connectivity index is 1.48. The van der Waals surface area contributed by atoms with Gasteiger partial charge in [0.15, 0.2) is 0 Å². The molecule has 10 nitrogen and oxygen atoms in total. The molecule has 1 heterocycles. The number of methoxy groups -OCH3 is 2. The highest BCUT2D eigenvalue weighted by Crippen LogP contribution is 2.39.